The molecule has 0 radical (unpaired) electrons. The van der Waals surface area contributed by atoms with Crippen LogP contribution < -0.4 is 15.4 Å². The van der Waals surface area contributed by atoms with E-state index in [1.165, 1.54) is 36.4 Å². The van der Waals surface area contributed by atoms with E-state index in [1.54, 1.807) is 13.0 Å². The number of carbonyl (C=O) groups excluding carboxylic acids is 4. The van der Waals surface area contributed by atoms with Gasteiger partial charge in [0, 0.05) is 5.56 Å². The summed E-state index contributed by atoms with van der Waals surface area (Å²) in [6.07, 6.45) is 0.232. The van der Waals surface area contributed by atoms with Gasteiger partial charge in [0.2, 0.25) is 0 Å². The predicted octanol–water partition coefficient (Wildman–Crippen LogP) is 2.20. The molecule has 0 aliphatic carbocycles. The minimum absolute atomic E-state index is 0.106. The molecule has 2 aliphatic rings. The summed E-state index contributed by atoms with van der Waals surface area (Å²) in [6, 6.07) is 9.09. The fraction of sp³-hybridized carbons (Fsp3) is 0.238. The number of ketones is 1. The Labute approximate surface area is 171 Å². The molecule has 0 unspecified atom stereocenters. The normalized spacial score (nSPS) is 20.3. The average molecular weight is 411 g/mol. The second kappa shape index (κ2) is 7.25. The molecule has 8 nitrogen and oxygen atoms in total. The second-order valence-electron chi connectivity index (χ2n) is 7.06. The van der Waals surface area contributed by atoms with Gasteiger partial charge in [0.05, 0.1) is 12.2 Å². The lowest BCUT2D eigenvalue weighted by atomic mass is 9.87. The van der Waals surface area contributed by atoms with E-state index in [0.29, 0.717) is 17.0 Å². The minimum Gasteiger partial charge on any atom is -0.482 e. The molecule has 4 amide bonds. The maximum atomic E-state index is 13.3. The van der Waals surface area contributed by atoms with E-state index >= 15 is 0 Å². The summed E-state index contributed by atoms with van der Waals surface area (Å²) >= 11 is 0. The highest BCUT2D eigenvalue weighted by atomic mass is 19.1. The smallest absolute Gasteiger partial charge is 0.325 e. The first-order valence-electron chi connectivity index (χ1n) is 9.34. The molecule has 1 fully saturated rings. The summed E-state index contributed by atoms with van der Waals surface area (Å²) in [5.74, 6) is -1.43. The molecule has 0 spiro atoms. The molecule has 0 bridgehead atoms. The summed E-state index contributed by atoms with van der Waals surface area (Å²) < 4.78 is 18.6. The van der Waals surface area contributed by atoms with E-state index in [1.807, 2.05) is 0 Å². The van der Waals surface area contributed by atoms with Gasteiger partial charge in [-0.25, -0.2) is 9.18 Å². The van der Waals surface area contributed by atoms with Gasteiger partial charge in [-0.15, -0.1) is 0 Å². The molecule has 154 valence electrons. The lowest BCUT2D eigenvalue weighted by Gasteiger charge is -2.25. The van der Waals surface area contributed by atoms with Crippen LogP contribution in [-0.2, 0) is 15.1 Å². The molecule has 2 aromatic rings. The van der Waals surface area contributed by atoms with Gasteiger partial charge >= 0.3 is 6.03 Å². The van der Waals surface area contributed by atoms with Crippen molar-refractivity contribution in [3.63, 3.8) is 0 Å². The van der Waals surface area contributed by atoms with Crippen LogP contribution in [0.3, 0.4) is 0 Å². The molecule has 9 heteroatoms. The van der Waals surface area contributed by atoms with E-state index in [2.05, 4.69) is 10.6 Å². The Balaban J connectivity index is 1.57. The number of anilines is 1. The Bertz CT molecular complexity index is 1070. The number of nitrogens with one attached hydrogen (secondary N) is 2. The minimum atomic E-state index is -1.36. The number of nitrogens with zero attached hydrogens (tertiary/aromatic N) is 1. The summed E-state index contributed by atoms with van der Waals surface area (Å²) in [5, 5.41) is 5.26. The molecule has 1 saturated heterocycles. The van der Waals surface area contributed by atoms with Crippen LogP contribution in [-0.4, -0.2) is 41.7 Å². The molecule has 2 heterocycles. The standard InChI is InChI=1S/C21H18FN3O5/c1-2-21(13-4-6-14(22)7-5-13)19(28)25(20(29)24-21)10-16(26)12-3-8-17-15(9-12)23-18(27)11-30-17/h3-9H,2,10-11H2,1H3,(H,23,27)(H,24,29)/t21-/m0/s1. The van der Waals surface area contributed by atoms with Crippen molar-refractivity contribution < 1.29 is 28.3 Å². The Morgan fingerprint density at radius 2 is 1.90 bits per heavy atom. The first-order valence-corrected chi connectivity index (χ1v) is 9.34. The molecule has 0 saturated carbocycles. The molecule has 30 heavy (non-hydrogen) atoms. The molecule has 2 aromatic carbocycles. The third-order valence-electron chi connectivity index (χ3n) is 5.28. The van der Waals surface area contributed by atoms with Crippen molar-refractivity contribution in [3.8, 4) is 5.75 Å². The van der Waals surface area contributed by atoms with E-state index in [0.717, 1.165) is 4.90 Å². The summed E-state index contributed by atoms with van der Waals surface area (Å²) in [5.41, 5.74) is -0.351. The van der Waals surface area contributed by atoms with Gasteiger partial charge in [-0.2, -0.15) is 0 Å². The van der Waals surface area contributed by atoms with Crippen molar-refractivity contribution in [2.24, 2.45) is 0 Å². The highest BCUT2D eigenvalue weighted by molar-refractivity contribution is 6.11. The first-order chi connectivity index (χ1) is 14.3. The lowest BCUT2D eigenvalue weighted by molar-refractivity contribution is -0.131. The van der Waals surface area contributed by atoms with Crippen LogP contribution in [0.5, 0.6) is 5.75 Å². The van der Waals surface area contributed by atoms with Crippen LogP contribution in [0.25, 0.3) is 0 Å². The summed E-state index contributed by atoms with van der Waals surface area (Å²) in [4.78, 5) is 50.7. The Kier molecular flexibility index (Phi) is 4.73. The molecular formula is C21H18FN3O5. The maximum Gasteiger partial charge on any atom is 0.325 e. The summed E-state index contributed by atoms with van der Waals surface area (Å²) in [7, 11) is 0. The van der Waals surface area contributed by atoms with Gasteiger partial charge < -0.3 is 15.4 Å². The Hall–Kier alpha value is -3.75. The number of benzene rings is 2. The van der Waals surface area contributed by atoms with E-state index < -0.39 is 35.6 Å². The van der Waals surface area contributed by atoms with Crippen LogP contribution in [0.4, 0.5) is 14.9 Å². The van der Waals surface area contributed by atoms with Crippen LogP contribution in [0, 0.1) is 5.82 Å². The molecule has 1 atom stereocenters. The first kappa shape index (κ1) is 19.6. The quantitative estimate of drug-likeness (QED) is 0.580. The molecular weight excluding hydrogens is 393 g/mol. The fourth-order valence-corrected chi connectivity index (χ4v) is 3.63. The molecule has 2 N–H and O–H groups in total. The van der Waals surface area contributed by atoms with Crippen molar-refractivity contribution >= 4 is 29.3 Å². The summed E-state index contributed by atoms with van der Waals surface area (Å²) in [6.45, 7) is 1.14. The predicted molar refractivity (Wildman–Crippen MR) is 104 cm³/mol. The maximum absolute atomic E-state index is 13.3. The van der Waals surface area contributed by atoms with Crippen molar-refractivity contribution in [1.82, 2.24) is 10.2 Å². The number of urea groups is 1. The van der Waals surface area contributed by atoms with Gasteiger partial charge in [0.25, 0.3) is 11.8 Å². The number of Topliss-reactive ketones (excluding diaryl/α,β-unsaturated/α-hetero) is 1. The largest absolute Gasteiger partial charge is 0.482 e. The van der Waals surface area contributed by atoms with Crippen molar-refractivity contribution in [2.45, 2.75) is 18.9 Å². The highest BCUT2D eigenvalue weighted by Crippen LogP contribution is 2.33. The third kappa shape index (κ3) is 3.18. The topological polar surface area (TPSA) is 105 Å². The number of amides is 4. The van der Waals surface area contributed by atoms with E-state index in [4.69, 9.17) is 4.74 Å². The van der Waals surface area contributed by atoms with Gasteiger partial charge in [-0.3, -0.25) is 19.3 Å². The number of ether oxygens (including phenoxy) is 1. The van der Waals surface area contributed by atoms with Crippen molar-refractivity contribution in [2.75, 3.05) is 18.5 Å². The Morgan fingerprint density at radius 1 is 1.17 bits per heavy atom. The van der Waals surface area contributed by atoms with Gasteiger partial charge in [-0.05, 0) is 42.3 Å². The Morgan fingerprint density at radius 3 is 2.60 bits per heavy atom. The SMILES string of the molecule is CC[C@@]1(c2ccc(F)cc2)NC(=O)N(CC(=O)c2ccc3c(c2)NC(=O)CO3)C1=O. The van der Waals surface area contributed by atoms with Crippen molar-refractivity contribution in [1.29, 1.82) is 0 Å². The van der Waals surface area contributed by atoms with Crippen LogP contribution in [0.2, 0.25) is 0 Å². The van der Waals surface area contributed by atoms with E-state index in [9.17, 15) is 23.6 Å². The fourth-order valence-electron chi connectivity index (χ4n) is 3.63. The number of halogens is 1. The molecule has 4 rings (SSSR count). The second-order valence-corrected chi connectivity index (χ2v) is 7.06. The number of imide groups is 1. The zero-order valence-corrected chi connectivity index (χ0v) is 16.0. The average Bonchev–Trinajstić information content (AvgIpc) is 2.98. The monoisotopic (exact) mass is 411 g/mol. The third-order valence-corrected chi connectivity index (χ3v) is 5.28. The number of hydrogen-bond acceptors (Lipinski definition) is 5. The number of hydrogen-bond donors (Lipinski definition) is 2. The zero-order chi connectivity index (χ0) is 21.5. The van der Waals surface area contributed by atoms with Crippen LogP contribution in [0.1, 0.15) is 29.3 Å². The van der Waals surface area contributed by atoms with E-state index in [-0.39, 0.29) is 24.5 Å². The van der Waals surface area contributed by atoms with Crippen LogP contribution in [0.15, 0.2) is 42.5 Å². The van der Waals surface area contributed by atoms with Gasteiger partial charge in [0.15, 0.2) is 12.4 Å². The number of carbonyl (C=O) groups is 4. The number of rotatable bonds is 5. The molecule has 2 aliphatic heterocycles. The lowest BCUT2D eigenvalue weighted by Crippen LogP contribution is -2.43. The van der Waals surface area contributed by atoms with Crippen LogP contribution >= 0.6 is 0 Å². The highest BCUT2D eigenvalue weighted by Gasteiger charge is 2.51. The number of fused-ring (bicyclic) bond motifs is 1. The molecule has 0 aromatic heterocycles. The van der Waals surface area contributed by atoms with Gasteiger partial charge in [-0.1, -0.05) is 19.1 Å². The van der Waals surface area contributed by atoms with Crippen molar-refractivity contribution in [3.05, 3.63) is 59.4 Å². The van der Waals surface area contributed by atoms with Gasteiger partial charge in [0.1, 0.15) is 17.1 Å². The zero-order valence-electron chi connectivity index (χ0n) is 16.0.